The SMILES string of the molecule is CCn1nc(C)c(Br)c1-c1cc(C)ccc1F. The molecule has 0 fully saturated rings. The topological polar surface area (TPSA) is 17.8 Å². The lowest BCUT2D eigenvalue weighted by atomic mass is 10.1. The Kier molecular flexibility index (Phi) is 3.33. The number of hydrogen-bond acceptors (Lipinski definition) is 1. The predicted octanol–water partition coefficient (Wildman–Crippen LogP) is 4.09. The minimum absolute atomic E-state index is 0.217. The van der Waals surface area contributed by atoms with Gasteiger partial charge in [-0.2, -0.15) is 5.10 Å². The number of rotatable bonds is 2. The number of aromatic nitrogens is 2. The van der Waals surface area contributed by atoms with E-state index in [4.69, 9.17) is 0 Å². The monoisotopic (exact) mass is 296 g/mol. The molecule has 0 aliphatic heterocycles. The molecule has 90 valence electrons. The summed E-state index contributed by atoms with van der Waals surface area (Å²) in [5.74, 6) is -0.217. The summed E-state index contributed by atoms with van der Waals surface area (Å²) in [6.07, 6.45) is 0. The first-order valence-electron chi connectivity index (χ1n) is 5.54. The Morgan fingerprint density at radius 2 is 2.06 bits per heavy atom. The van der Waals surface area contributed by atoms with Crippen molar-refractivity contribution in [2.75, 3.05) is 0 Å². The molecule has 0 atom stereocenters. The van der Waals surface area contributed by atoms with Gasteiger partial charge in [0.15, 0.2) is 0 Å². The van der Waals surface area contributed by atoms with Crippen LogP contribution >= 0.6 is 15.9 Å². The van der Waals surface area contributed by atoms with Crippen LogP contribution in [0.2, 0.25) is 0 Å². The van der Waals surface area contributed by atoms with E-state index in [1.54, 1.807) is 6.07 Å². The van der Waals surface area contributed by atoms with E-state index in [9.17, 15) is 4.39 Å². The van der Waals surface area contributed by atoms with Crippen LogP contribution in [0.4, 0.5) is 4.39 Å². The van der Waals surface area contributed by atoms with E-state index in [1.807, 2.05) is 31.5 Å². The van der Waals surface area contributed by atoms with Gasteiger partial charge in [-0.25, -0.2) is 4.39 Å². The van der Waals surface area contributed by atoms with Crippen LogP contribution in [0.1, 0.15) is 18.2 Å². The van der Waals surface area contributed by atoms with Gasteiger partial charge >= 0.3 is 0 Å². The van der Waals surface area contributed by atoms with Gasteiger partial charge in [-0.1, -0.05) is 11.6 Å². The van der Waals surface area contributed by atoms with Crippen molar-refractivity contribution < 1.29 is 4.39 Å². The van der Waals surface area contributed by atoms with E-state index in [0.29, 0.717) is 5.56 Å². The van der Waals surface area contributed by atoms with Crippen LogP contribution in [0.5, 0.6) is 0 Å². The van der Waals surface area contributed by atoms with Gasteiger partial charge in [-0.15, -0.1) is 0 Å². The molecule has 0 aliphatic carbocycles. The first-order chi connectivity index (χ1) is 8.04. The molecule has 0 unspecified atom stereocenters. The summed E-state index contributed by atoms with van der Waals surface area (Å²) in [7, 11) is 0. The van der Waals surface area contributed by atoms with E-state index in [1.165, 1.54) is 6.07 Å². The molecular formula is C13H14BrFN2. The molecule has 0 radical (unpaired) electrons. The van der Waals surface area contributed by atoms with Gasteiger partial charge in [0.25, 0.3) is 0 Å². The average Bonchev–Trinajstić information content (AvgIpc) is 2.59. The number of hydrogen-bond donors (Lipinski definition) is 0. The van der Waals surface area contributed by atoms with Crippen molar-refractivity contribution >= 4 is 15.9 Å². The maximum absolute atomic E-state index is 13.9. The molecule has 0 saturated carbocycles. The molecule has 2 nitrogen and oxygen atoms in total. The summed E-state index contributed by atoms with van der Waals surface area (Å²) in [4.78, 5) is 0. The lowest BCUT2D eigenvalue weighted by molar-refractivity contribution is 0.620. The van der Waals surface area contributed by atoms with Crippen LogP contribution in [0.25, 0.3) is 11.3 Å². The van der Waals surface area contributed by atoms with Gasteiger partial charge < -0.3 is 0 Å². The van der Waals surface area contributed by atoms with Crippen LogP contribution in [-0.4, -0.2) is 9.78 Å². The fourth-order valence-electron chi connectivity index (χ4n) is 1.87. The van der Waals surface area contributed by atoms with Crippen molar-refractivity contribution in [3.63, 3.8) is 0 Å². The summed E-state index contributed by atoms with van der Waals surface area (Å²) < 4.78 is 16.6. The molecule has 17 heavy (non-hydrogen) atoms. The molecule has 0 N–H and O–H groups in total. The smallest absolute Gasteiger partial charge is 0.132 e. The van der Waals surface area contributed by atoms with Crippen molar-refractivity contribution in [2.24, 2.45) is 0 Å². The van der Waals surface area contributed by atoms with Crippen LogP contribution < -0.4 is 0 Å². The highest BCUT2D eigenvalue weighted by Gasteiger charge is 2.17. The third kappa shape index (κ3) is 2.14. The molecule has 0 bridgehead atoms. The van der Waals surface area contributed by atoms with Gasteiger partial charge in [0, 0.05) is 12.1 Å². The lowest BCUT2D eigenvalue weighted by Crippen LogP contribution is -2.00. The van der Waals surface area contributed by atoms with Crippen molar-refractivity contribution in [3.05, 3.63) is 39.7 Å². The zero-order valence-electron chi connectivity index (χ0n) is 10.1. The van der Waals surface area contributed by atoms with Gasteiger partial charge in [-0.3, -0.25) is 4.68 Å². The maximum atomic E-state index is 13.9. The second kappa shape index (κ2) is 4.61. The highest BCUT2D eigenvalue weighted by molar-refractivity contribution is 9.10. The van der Waals surface area contributed by atoms with Crippen molar-refractivity contribution in [1.82, 2.24) is 9.78 Å². The Balaban J connectivity index is 2.71. The van der Waals surface area contributed by atoms with Crippen LogP contribution in [0.3, 0.4) is 0 Å². The van der Waals surface area contributed by atoms with Crippen molar-refractivity contribution in [2.45, 2.75) is 27.3 Å². The Bertz CT molecular complexity index is 561. The lowest BCUT2D eigenvalue weighted by Gasteiger charge is -2.08. The molecule has 1 heterocycles. The maximum Gasteiger partial charge on any atom is 0.132 e. The normalized spacial score (nSPS) is 10.9. The molecule has 0 saturated heterocycles. The molecule has 2 aromatic rings. The minimum Gasteiger partial charge on any atom is -0.264 e. The fraction of sp³-hybridized carbons (Fsp3) is 0.308. The molecule has 0 amide bonds. The first kappa shape index (κ1) is 12.3. The van der Waals surface area contributed by atoms with E-state index in [0.717, 1.165) is 28.0 Å². The molecule has 1 aromatic heterocycles. The number of aryl methyl sites for hydroxylation is 3. The largest absolute Gasteiger partial charge is 0.264 e. The second-order valence-corrected chi connectivity index (χ2v) is 4.84. The van der Waals surface area contributed by atoms with Crippen molar-refractivity contribution in [3.8, 4) is 11.3 Å². The molecule has 0 aliphatic rings. The Morgan fingerprint density at radius 1 is 1.35 bits per heavy atom. The van der Waals surface area contributed by atoms with E-state index >= 15 is 0 Å². The standard InChI is InChI=1S/C13H14BrFN2/c1-4-17-13(12(14)9(3)16-17)10-7-8(2)5-6-11(10)15/h5-7H,4H2,1-3H3. The summed E-state index contributed by atoms with van der Waals surface area (Å²) in [5.41, 5.74) is 3.32. The quantitative estimate of drug-likeness (QED) is 0.816. The van der Waals surface area contributed by atoms with Gasteiger partial charge in [0.05, 0.1) is 15.9 Å². The Hall–Kier alpha value is -1.16. The number of benzene rings is 1. The third-order valence-electron chi connectivity index (χ3n) is 2.73. The van der Waals surface area contributed by atoms with Gasteiger partial charge in [0.2, 0.25) is 0 Å². The molecular weight excluding hydrogens is 283 g/mol. The Labute approximate surface area is 109 Å². The summed E-state index contributed by atoms with van der Waals surface area (Å²) in [5, 5.41) is 4.38. The molecule has 4 heteroatoms. The minimum atomic E-state index is -0.217. The van der Waals surface area contributed by atoms with Gasteiger partial charge in [-0.05, 0) is 48.8 Å². The summed E-state index contributed by atoms with van der Waals surface area (Å²) >= 11 is 3.49. The molecule has 2 rings (SSSR count). The first-order valence-corrected chi connectivity index (χ1v) is 6.33. The van der Waals surface area contributed by atoms with E-state index in [2.05, 4.69) is 21.0 Å². The average molecular weight is 297 g/mol. The third-order valence-corrected chi connectivity index (χ3v) is 3.68. The zero-order chi connectivity index (χ0) is 12.6. The second-order valence-electron chi connectivity index (χ2n) is 4.05. The highest BCUT2D eigenvalue weighted by atomic mass is 79.9. The van der Waals surface area contributed by atoms with Gasteiger partial charge in [0.1, 0.15) is 5.82 Å². The predicted molar refractivity (Wildman–Crippen MR) is 70.5 cm³/mol. The van der Waals surface area contributed by atoms with Crippen molar-refractivity contribution in [1.29, 1.82) is 0 Å². The summed E-state index contributed by atoms with van der Waals surface area (Å²) in [6.45, 7) is 6.58. The Morgan fingerprint density at radius 3 is 2.71 bits per heavy atom. The zero-order valence-corrected chi connectivity index (χ0v) is 11.7. The fourth-order valence-corrected chi connectivity index (χ4v) is 2.36. The highest BCUT2D eigenvalue weighted by Crippen LogP contribution is 2.33. The number of nitrogens with zero attached hydrogens (tertiary/aromatic N) is 2. The summed E-state index contributed by atoms with van der Waals surface area (Å²) in [6, 6.07) is 5.12. The van der Waals surface area contributed by atoms with Crippen LogP contribution in [-0.2, 0) is 6.54 Å². The molecule has 1 aromatic carbocycles. The van der Waals surface area contributed by atoms with Crippen LogP contribution in [0, 0.1) is 19.7 Å². The molecule has 0 spiro atoms. The number of halogens is 2. The van der Waals surface area contributed by atoms with Crippen LogP contribution in [0.15, 0.2) is 22.7 Å². The van der Waals surface area contributed by atoms with E-state index in [-0.39, 0.29) is 5.82 Å². The van der Waals surface area contributed by atoms with E-state index < -0.39 is 0 Å².